The van der Waals surface area contributed by atoms with Crippen molar-refractivity contribution in [3.63, 3.8) is 0 Å². The molecule has 2 amide bonds. The molecule has 2 N–H and O–H groups in total. The molecule has 0 fully saturated rings. The van der Waals surface area contributed by atoms with Crippen molar-refractivity contribution in [1.29, 1.82) is 0 Å². The molecule has 114 valence electrons. The standard InChI is InChI=1S/C16H16ClN3O2/c1-2-15(21)20-14-7-6-12(9-13(14)17)19-16(22)10-11-5-3-4-8-18-11/h3-9H,2,10H2,1H3,(H,19,22)(H,20,21). The van der Waals surface area contributed by atoms with Crippen molar-refractivity contribution in [1.82, 2.24) is 4.98 Å². The molecule has 0 radical (unpaired) electrons. The largest absolute Gasteiger partial charge is 0.326 e. The van der Waals surface area contributed by atoms with Crippen LogP contribution in [-0.4, -0.2) is 16.8 Å². The Labute approximate surface area is 133 Å². The maximum Gasteiger partial charge on any atom is 0.230 e. The quantitative estimate of drug-likeness (QED) is 0.889. The third-order valence-electron chi connectivity index (χ3n) is 2.92. The lowest BCUT2D eigenvalue weighted by Crippen LogP contribution is -2.15. The van der Waals surface area contributed by atoms with Crippen molar-refractivity contribution in [2.45, 2.75) is 19.8 Å². The Balaban J connectivity index is 2.00. The Bertz CT molecular complexity index is 674. The number of carbonyl (C=O) groups is 2. The molecule has 22 heavy (non-hydrogen) atoms. The molecule has 0 aliphatic rings. The fourth-order valence-electron chi connectivity index (χ4n) is 1.81. The van der Waals surface area contributed by atoms with Crippen molar-refractivity contribution in [2.24, 2.45) is 0 Å². The highest BCUT2D eigenvalue weighted by atomic mass is 35.5. The van der Waals surface area contributed by atoms with E-state index in [0.29, 0.717) is 28.5 Å². The highest BCUT2D eigenvalue weighted by Gasteiger charge is 2.08. The summed E-state index contributed by atoms with van der Waals surface area (Å²) in [5, 5.41) is 5.81. The molecule has 0 atom stereocenters. The first-order chi connectivity index (χ1) is 10.6. The Morgan fingerprint density at radius 3 is 2.59 bits per heavy atom. The van der Waals surface area contributed by atoms with Crippen LogP contribution in [0.25, 0.3) is 0 Å². The molecular formula is C16H16ClN3O2. The van der Waals surface area contributed by atoms with Gasteiger partial charge in [0.2, 0.25) is 11.8 Å². The van der Waals surface area contributed by atoms with Crippen LogP contribution < -0.4 is 10.6 Å². The lowest BCUT2D eigenvalue weighted by molar-refractivity contribution is -0.116. The summed E-state index contributed by atoms with van der Waals surface area (Å²) in [4.78, 5) is 27.4. The Kier molecular flexibility index (Phi) is 5.49. The van der Waals surface area contributed by atoms with E-state index in [1.165, 1.54) is 0 Å². The summed E-state index contributed by atoms with van der Waals surface area (Å²) in [6.07, 6.45) is 2.20. The van der Waals surface area contributed by atoms with Crippen LogP contribution in [0.15, 0.2) is 42.6 Å². The van der Waals surface area contributed by atoms with E-state index in [-0.39, 0.29) is 18.2 Å². The second kappa shape index (κ2) is 7.56. The van der Waals surface area contributed by atoms with Gasteiger partial charge in [0.1, 0.15) is 0 Å². The van der Waals surface area contributed by atoms with E-state index in [0.717, 1.165) is 0 Å². The van der Waals surface area contributed by atoms with Gasteiger partial charge in [-0.05, 0) is 30.3 Å². The van der Waals surface area contributed by atoms with Gasteiger partial charge >= 0.3 is 0 Å². The molecule has 5 nitrogen and oxygen atoms in total. The number of nitrogens with one attached hydrogen (secondary N) is 2. The first-order valence-electron chi connectivity index (χ1n) is 6.87. The first kappa shape index (κ1) is 16.0. The summed E-state index contributed by atoms with van der Waals surface area (Å²) in [5.74, 6) is -0.297. The van der Waals surface area contributed by atoms with Crippen LogP contribution in [-0.2, 0) is 16.0 Å². The van der Waals surface area contributed by atoms with Gasteiger partial charge in [0.25, 0.3) is 0 Å². The number of hydrogen-bond donors (Lipinski definition) is 2. The SMILES string of the molecule is CCC(=O)Nc1ccc(NC(=O)Cc2ccccn2)cc1Cl. The van der Waals surface area contributed by atoms with Gasteiger partial charge < -0.3 is 10.6 Å². The number of carbonyl (C=O) groups excluding carboxylic acids is 2. The zero-order valence-electron chi connectivity index (χ0n) is 12.1. The summed E-state index contributed by atoms with van der Waals surface area (Å²) in [6.45, 7) is 1.76. The fraction of sp³-hybridized carbons (Fsp3) is 0.188. The average molecular weight is 318 g/mol. The molecule has 0 aliphatic heterocycles. The predicted octanol–water partition coefficient (Wildman–Crippen LogP) is 3.26. The second-order valence-corrected chi connectivity index (χ2v) is 5.05. The zero-order valence-corrected chi connectivity index (χ0v) is 12.9. The topological polar surface area (TPSA) is 71.1 Å². The smallest absolute Gasteiger partial charge is 0.230 e. The summed E-state index contributed by atoms with van der Waals surface area (Å²) < 4.78 is 0. The molecule has 2 rings (SSSR count). The van der Waals surface area contributed by atoms with Crippen LogP contribution in [0.4, 0.5) is 11.4 Å². The van der Waals surface area contributed by atoms with Gasteiger partial charge in [0.05, 0.1) is 17.1 Å². The molecule has 0 spiro atoms. The predicted molar refractivity (Wildman–Crippen MR) is 86.9 cm³/mol. The summed E-state index contributed by atoms with van der Waals surface area (Å²) in [6, 6.07) is 10.4. The van der Waals surface area contributed by atoms with Gasteiger partial charge in [0.15, 0.2) is 0 Å². The number of pyridine rings is 1. The van der Waals surface area contributed by atoms with Crippen molar-refractivity contribution < 1.29 is 9.59 Å². The number of rotatable bonds is 5. The highest BCUT2D eigenvalue weighted by molar-refractivity contribution is 6.34. The molecular weight excluding hydrogens is 302 g/mol. The second-order valence-electron chi connectivity index (χ2n) is 4.64. The van der Waals surface area contributed by atoms with Crippen LogP contribution in [0, 0.1) is 0 Å². The number of hydrogen-bond acceptors (Lipinski definition) is 3. The minimum absolute atomic E-state index is 0.117. The molecule has 1 aromatic heterocycles. The lowest BCUT2D eigenvalue weighted by Gasteiger charge is -2.09. The minimum Gasteiger partial charge on any atom is -0.326 e. The van der Waals surface area contributed by atoms with E-state index in [2.05, 4.69) is 15.6 Å². The average Bonchev–Trinajstić information content (AvgIpc) is 2.50. The van der Waals surface area contributed by atoms with Gasteiger partial charge in [-0.25, -0.2) is 0 Å². The number of benzene rings is 1. The van der Waals surface area contributed by atoms with E-state index in [1.807, 2.05) is 6.07 Å². The molecule has 0 saturated heterocycles. The fourth-order valence-corrected chi connectivity index (χ4v) is 2.03. The number of amides is 2. The Hall–Kier alpha value is -2.40. The molecule has 0 bridgehead atoms. The van der Waals surface area contributed by atoms with Gasteiger partial charge in [-0.1, -0.05) is 24.6 Å². The summed E-state index contributed by atoms with van der Waals surface area (Å²) in [5.41, 5.74) is 1.79. The normalized spacial score (nSPS) is 10.1. The van der Waals surface area contributed by atoms with E-state index in [1.54, 1.807) is 43.5 Å². The van der Waals surface area contributed by atoms with E-state index in [4.69, 9.17) is 11.6 Å². The number of anilines is 2. The highest BCUT2D eigenvalue weighted by Crippen LogP contribution is 2.25. The monoisotopic (exact) mass is 317 g/mol. The zero-order chi connectivity index (χ0) is 15.9. The van der Waals surface area contributed by atoms with E-state index < -0.39 is 0 Å². The number of aromatic nitrogens is 1. The molecule has 0 saturated carbocycles. The van der Waals surface area contributed by atoms with Crippen LogP contribution >= 0.6 is 11.6 Å². The molecule has 0 aliphatic carbocycles. The lowest BCUT2D eigenvalue weighted by atomic mass is 10.2. The van der Waals surface area contributed by atoms with Crippen LogP contribution in [0.5, 0.6) is 0 Å². The van der Waals surface area contributed by atoms with Gasteiger partial charge in [0, 0.05) is 24.0 Å². The van der Waals surface area contributed by atoms with Gasteiger partial charge in [-0.2, -0.15) is 0 Å². The third kappa shape index (κ3) is 4.56. The van der Waals surface area contributed by atoms with Gasteiger partial charge in [-0.3, -0.25) is 14.6 Å². The summed E-state index contributed by atoms with van der Waals surface area (Å²) >= 11 is 6.10. The molecule has 2 aromatic rings. The minimum atomic E-state index is -0.180. The van der Waals surface area contributed by atoms with E-state index >= 15 is 0 Å². The first-order valence-corrected chi connectivity index (χ1v) is 7.25. The molecule has 0 unspecified atom stereocenters. The van der Waals surface area contributed by atoms with Crippen molar-refractivity contribution in [3.8, 4) is 0 Å². The molecule has 1 aromatic carbocycles. The third-order valence-corrected chi connectivity index (χ3v) is 3.23. The van der Waals surface area contributed by atoms with E-state index in [9.17, 15) is 9.59 Å². The van der Waals surface area contributed by atoms with Crippen molar-refractivity contribution >= 4 is 34.8 Å². The summed E-state index contributed by atoms with van der Waals surface area (Å²) in [7, 11) is 0. The number of halogens is 1. The van der Waals surface area contributed by atoms with Gasteiger partial charge in [-0.15, -0.1) is 0 Å². The Morgan fingerprint density at radius 2 is 1.95 bits per heavy atom. The number of nitrogens with zero attached hydrogens (tertiary/aromatic N) is 1. The van der Waals surface area contributed by atoms with Crippen LogP contribution in [0.3, 0.4) is 0 Å². The van der Waals surface area contributed by atoms with Crippen molar-refractivity contribution in [2.75, 3.05) is 10.6 Å². The maximum atomic E-state index is 11.9. The van der Waals surface area contributed by atoms with Crippen LogP contribution in [0.2, 0.25) is 5.02 Å². The Morgan fingerprint density at radius 1 is 1.14 bits per heavy atom. The molecule has 1 heterocycles. The maximum absolute atomic E-state index is 11.9. The molecule has 6 heteroatoms. The van der Waals surface area contributed by atoms with Crippen molar-refractivity contribution in [3.05, 3.63) is 53.3 Å². The van der Waals surface area contributed by atoms with Crippen LogP contribution in [0.1, 0.15) is 19.0 Å².